The summed E-state index contributed by atoms with van der Waals surface area (Å²) in [5, 5.41) is 0.569. The largest absolute Gasteiger partial charge is 0.343 e. The normalized spacial score (nSPS) is 49.4. The number of aromatic nitrogens is 1. The molecular formula is C19H22ClNO2. The Kier molecular flexibility index (Phi) is 2.67. The van der Waals surface area contributed by atoms with Crippen LogP contribution in [-0.4, -0.2) is 16.9 Å². The second kappa shape index (κ2) is 4.50. The van der Waals surface area contributed by atoms with Crippen molar-refractivity contribution < 1.29 is 9.47 Å². The summed E-state index contributed by atoms with van der Waals surface area (Å²) >= 11 is 6.16. The number of halogens is 1. The number of fused-ring (bicyclic) bond motifs is 3. The van der Waals surface area contributed by atoms with Gasteiger partial charge in [0.1, 0.15) is 11.3 Å². The summed E-state index contributed by atoms with van der Waals surface area (Å²) in [6, 6.07) is 4.02. The Morgan fingerprint density at radius 3 is 2.48 bits per heavy atom. The van der Waals surface area contributed by atoms with Crippen molar-refractivity contribution in [1.82, 2.24) is 4.98 Å². The van der Waals surface area contributed by atoms with Crippen LogP contribution in [0.1, 0.15) is 55.9 Å². The number of rotatable bonds is 0. The molecule has 1 aromatic rings. The van der Waals surface area contributed by atoms with Gasteiger partial charge in [-0.05, 0) is 68.4 Å². The fourth-order valence-corrected chi connectivity index (χ4v) is 6.66. The van der Waals surface area contributed by atoms with Crippen molar-refractivity contribution in [3.8, 4) is 0 Å². The molecule has 0 N–H and O–H groups in total. The summed E-state index contributed by atoms with van der Waals surface area (Å²) < 4.78 is 13.5. The van der Waals surface area contributed by atoms with Gasteiger partial charge in [0.2, 0.25) is 0 Å². The maximum Gasteiger partial charge on any atom is 0.175 e. The highest BCUT2D eigenvalue weighted by Gasteiger charge is 2.64. The molecule has 1 aromatic heterocycles. The van der Waals surface area contributed by atoms with Crippen LogP contribution in [0.25, 0.3) is 0 Å². The Hall–Kier alpha value is -0.640. The Morgan fingerprint density at radius 1 is 1.00 bits per heavy atom. The third-order valence-electron chi connectivity index (χ3n) is 7.21. The molecule has 1 aliphatic heterocycles. The minimum absolute atomic E-state index is 0.00465. The summed E-state index contributed by atoms with van der Waals surface area (Å²) in [6.45, 7) is 0. The van der Waals surface area contributed by atoms with E-state index in [1.165, 1.54) is 37.7 Å². The number of aryl methyl sites for hydroxylation is 1. The predicted molar refractivity (Wildman–Crippen MR) is 86.0 cm³/mol. The fourth-order valence-electron chi connectivity index (χ4n) is 6.50. The lowest BCUT2D eigenvalue weighted by Gasteiger charge is -2.58. The van der Waals surface area contributed by atoms with Gasteiger partial charge in [0.05, 0.1) is 11.8 Å². The molecule has 4 saturated carbocycles. The second-order valence-electron chi connectivity index (χ2n) is 8.44. The van der Waals surface area contributed by atoms with Crippen molar-refractivity contribution in [2.24, 2.45) is 23.7 Å². The zero-order valence-corrected chi connectivity index (χ0v) is 14.0. The molecule has 2 heterocycles. The number of ether oxygens (including phenoxy) is 2. The molecule has 2 atom stereocenters. The number of hydrogen-bond donors (Lipinski definition) is 0. The van der Waals surface area contributed by atoms with E-state index in [0.717, 1.165) is 30.4 Å². The highest BCUT2D eigenvalue weighted by atomic mass is 35.5. The van der Waals surface area contributed by atoms with Crippen molar-refractivity contribution in [1.29, 1.82) is 0 Å². The van der Waals surface area contributed by atoms with E-state index in [0.29, 0.717) is 17.0 Å². The highest BCUT2D eigenvalue weighted by Crippen LogP contribution is 2.64. The fraction of sp³-hybridized carbons (Fsp3) is 0.737. The van der Waals surface area contributed by atoms with E-state index >= 15 is 0 Å². The molecule has 1 spiro atoms. The molecule has 3 nitrogen and oxygen atoms in total. The molecule has 0 radical (unpaired) electrons. The maximum atomic E-state index is 6.77. The lowest BCUT2D eigenvalue weighted by atomic mass is 9.53. The van der Waals surface area contributed by atoms with Crippen LogP contribution >= 0.6 is 11.6 Å². The number of nitrogens with zero attached hydrogens (tertiary/aromatic N) is 1. The van der Waals surface area contributed by atoms with Gasteiger partial charge in [-0.2, -0.15) is 0 Å². The van der Waals surface area contributed by atoms with Crippen molar-refractivity contribution in [3.05, 3.63) is 28.5 Å². The molecule has 4 heteroatoms. The molecule has 5 aliphatic carbocycles. The minimum atomic E-state index is -0.311. The smallest absolute Gasteiger partial charge is 0.175 e. The first-order chi connectivity index (χ1) is 11.2. The van der Waals surface area contributed by atoms with E-state index in [9.17, 15) is 0 Å². The topological polar surface area (TPSA) is 31.4 Å². The molecule has 4 bridgehead atoms. The third kappa shape index (κ3) is 1.76. The average molecular weight is 332 g/mol. The van der Waals surface area contributed by atoms with E-state index in [1.807, 2.05) is 6.07 Å². The van der Waals surface area contributed by atoms with Gasteiger partial charge in [-0.15, -0.1) is 0 Å². The molecule has 0 amide bonds. The van der Waals surface area contributed by atoms with Gasteiger partial charge < -0.3 is 9.47 Å². The van der Waals surface area contributed by atoms with Gasteiger partial charge in [0, 0.05) is 11.8 Å². The van der Waals surface area contributed by atoms with Crippen molar-refractivity contribution in [2.45, 2.75) is 62.9 Å². The van der Waals surface area contributed by atoms with Crippen LogP contribution in [0.3, 0.4) is 0 Å². The van der Waals surface area contributed by atoms with E-state index in [-0.39, 0.29) is 18.0 Å². The Balaban J connectivity index is 1.40. The number of pyridine rings is 1. The van der Waals surface area contributed by atoms with Gasteiger partial charge in [-0.25, -0.2) is 4.98 Å². The SMILES string of the molecule is Clc1ccc2c(n1)[C@H]1OC3(O[C@H]1CC2)C1CC2CC(C1)CC3C2. The van der Waals surface area contributed by atoms with Crippen LogP contribution < -0.4 is 0 Å². The molecule has 0 unspecified atom stereocenters. The van der Waals surface area contributed by atoms with E-state index in [2.05, 4.69) is 11.1 Å². The van der Waals surface area contributed by atoms with Gasteiger partial charge in [-0.1, -0.05) is 17.7 Å². The summed E-state index contributed by atoms with van der Waals surface area (Å²) in [6.07, 6.45) is 8.93. The van der Waals surface area contributed by atoms with Crippen LogP contribution in [0.15, 0.2) is 12.1 Å². The van der Waals surface area contributed by atoms with Crippen LogP contribution in [0.5, 0.6) is 0 Å². The molecule has 1 saturated heterocycles. The van der Waals surface area contributed by atoms with Crippen molar-refractivity contribution in [2.75, 3.05) is 0 Å². The first-order valence-corrected chi connectivity index (χ1v) is 9.60. The number of hydrogen-bond acceptors (Lipinski definition) is 3. The lowest BCUT2D eigenvalue weighted by molar-refractivity contribution is -0.299. The average Bonchev–Trinajstić information content (AvgIpc) is 2.93. The highest BCUT2D eigenvalue weighted by molar-refractivity contribution is 6.29. The van der Waals surface area contributed by atoms with Crippen molar-refractivity contribution in [3.63, 3.8) is 0 Å². The van der Waals surface area contributed by atoms with Gasteiger partial charge in [0.15, 0.2) is 5.79 Å². The summed E-state index contributed by atoms with van der Waals surface area (Å²) in [7, 11) is 0. The lowest BCUT2D eigenvalue weighted by Crippen LogP contribution is -2.58. The molecule has 5 fully saturated rings. The van der Waals surface area contributed by atoms with Crippen molar-refractivity contribution >= 4 is 11.6 Å². The van der Waals surface area contributed by atoms with Crippen LogP contribution in [0.2, 0.25) is 5.15 Å². The molecule has 7 rings (SSSR count). The quantitative estimate of drug-likeness (QED) is 0.664. The van der Waals surface area contributed by atoms with E-state index in [4.69, 9.17) is 21.1 Å². The van der Waals surface area contributed by atoms with Crippen LogP contribution in [0, 0.1) is 23.7 Å². The summed E-state index contributed by atoms with van der Waals surface area (Å²) in [5.74, 6) is 2.75. The van der Waals surface area contributed by atoms with Gasteiger partial charge >= 0.3 is 0 Å². The zero-order chi connectivity index (χ0) is 15.2. The standard InChI is InChI=1S/C19H22ClNO2/c20-16-4-2-12-1-3-15-18(17(12)21-16)23-19(22-15)13-6-10-5-11(8-13)9-14(19)7-10/h2,4,10-11,13-15,18H,1,3,5-9H2/t10?,11?,13?,14?,15-,18-,19?/m0/s1. The first-order valence-electron chi connectivity index (χ1n) is 9.22. The first kappa shape index (κ1) is 13.6. The third-order valence-corrected chi connectivity index (χ3v) is 7.42. The molecular weight excluding hydrogens is 310 g/mol. The Labute approximate surface area is 141 Å². The Morgan fingerprint density at radius 2 is 1.74 bits per heavy atom. The predicted octanol–water partition coefficient (Wildman–Crippen LogP) is 4.29. The summed E-state index contributed by atoms with van der Waals surface area (Å²) in [4.78, 5) is 4.61. The maximum absolute atomic E-state index is 6.77. The molecule has 0 aromatic carbocycles. The zero-order valence-electron chi connectivity index (χ0n) is 13.2. The molecule has 23 heavy (non-hydrogen) atoms. The van der Waals surface area contributed by atoms with Crippen LogP contribution in [0.4, 0.5) is 0 Å². The van der Waals surface area contributed by atoms with E-state index < -0.39 is 0 Å². The monoisotopic (exact) mass is 331 g/mol. The van der Waals surface area contributed by atoms with Crippen LogP contribution in [-0.2, 0) is 15.9 Å². The van der Waals surface area contributed by atoms with Gasteiger partial charge in [0.25, 0.3) is 0 Å². The molecule has 6 aliphatic rings. The Bertz CT molecular complexity index is 647. The molecule has 122 valence electrons. The van der Waals surface area contributed by atoms with Gasteiger partial charge in [-0.3, -0.25) is 0 Å². The minimum Gasteiger partial charge on any atom is -0.343 e. The van der Waals surface area contributed by atoms with E-state index in [1.54, 1.807) is 0 Å². The summed E-state index contributed by atoms with van der Waals surface area (Å²) in [5.41, 5.74) is 2.33. The second-order valence-corrected chi connectivity index (χ2v) is 8.82.